The molecule has 2 aromatic heterocycles. The molecule has 0 saturated carbocycles. The lowest BCUT2D eigenvalue weighted by molar-refractivity contribution is 0.336. The third kappa shape index (κ3) is 6.45. The van der Waals surface area contributed by atoms with Gasteiger partial charge in [-0.1, -0.05) is 12.1 Å². The summed E-state index contributed by atoms with van der Waals surface area (Å²) in [5, 5.41) is 6.68. The van der Waals surface area contributed by atoms with Gasteiger partial charge in [0, 0.05) is 44.3 Å². The number of nitrogens with one attached hydrogen (secondary N) is 2. The third-order valence-corrected chi connectivity index (χ3v) is 4.23. The lowest BCUT2D eigenvalue weighted by atomic mass is 10.1. The number of halogens is 1. The standard InChI is InChI=1S/C21H26N6O.HI/c1-4-28-19-11-16(2)5-6-18(19)14-26-21(22-3)25-13-17-7-8-24-20(12-17)27-10-9-23-15-27;/h5-12,15H,4,13-14H2,1-3H3,(H2,22,25,26);1H. The molecule has 0 aliphatic carbocycles. The number of aryl methyl sites for hydroxylation is 1. The molecule has 0 saturated heterocycles. The molecule has 0 fully saturated rings. The van der Waals surface area contributed by atoms with Gasteiger partial charge in [-0.05, 0) is 43.2 Å². The molecule has 8 heteroatoms. The van der Waals surface area contributed by atoms with Crippen LogP contribution >= 0.6 is 24.0 Å². The Kier molecular flexibility index (Phi) is 8.91. The van der Waals surface area contributed by atoms with E-state index in [0.29, 0.717) is 19.7 Å². The second-order valence-electron chi connectivity index (χ2n) is 6.32. The zero-order chi connectivity index (χ0) is 19.8. The van der Waals surface area contributed by atoms with Gasteiger partial charge in [0.05, 0.1) is 6.61 Å². The summed E-state index contributed by atoms with van der Waals surface area (Å²) in [5.74, 6) is 2.47. The second-order valence-corrected chi connectivity index (χ2v) is 6.32. The molecule has 0 amide bonds. The Morgan fingerprint density at radius 2 is 1.97 bits per heavy atom. The first-order chi connectivity index (χ1) is 13.7. The van der Waals surface area contributed by atoms with Gasteiger partial charge in [-0.2, -0.15) is 0 Å². The van der Waals surface area contributed by atoms with Gasteiger partial charge in [-0.3, -0.25) is 9.56 Å². The van der Waals surface area contributed by atoms with Crippen molar-refractivity contribution in [2.45, 2.75) is 26.9 Å². The highest BCUT2D eigenvalue weighted by Crippen LogP contribution is 2.20. The zero-order valence-corrected chi connectivity index (χ0v) is 19.3. The summed E-state index contributed by atoms with van der Waals surface area (Å²) in [7, 11) is 1.76. The Morgan fingerprint density at radius 3 is 2.69 bits per heavy atom. The molecule has 0 unspecified atom stereocenters. The fraction of sp³-hybridized carbons (Fsp3) is 0.286. The second kappa shape index (κ2) is 11.4. The molecule has 0 radical (unpaired) electrons. The van der Waals surface area contributed by atoms with Gasteiger partial charge in [0.2, 0.25) is 0 Å². The predicted molar refractivity (Wildman–Crippen MR) is 126 cm³/mol. The van der Waals surface area contributed by atoms with Crippen LogP contribution in [-0.2, 0) is 13.1 Å². The Bertz CT molecular complexity index is 927. The predicted octanol–water partition coefficient (Wildman–Crippen LogP) is 3.46. The lowest BCUT2D eigenvalue weighted by Gasteiger charge is -2.15. The smallest absolute Gasteiger partial charge is 0.191 e. The summed E-state index contributed by atoms with van der Waals surface area (Å²) in [4.78, 5) is 12.7. The highest BCUT2D eigenvalue weighted by atomic mass is 127. The number of benzene rings is 1. The molecule has 0 atom stereocenters. The maximum Gasteiger partial charge on any atom is 0.191 e. The number of imidazole rings is 1. The molecule has 1 aromatic carbocycles. The van der Waals surface area contributed by atoms with Gasteiger partial charge in [0.15, 0.2) is 5.96 Å². The summed E-state index contributed by atoms with van der Waals surface area (Å²) < 4.78 is 7.63. The van der Waals surface area contributed by atoms with E-state index >= 15 is 0 Å². The van der Waals surface area contributed by atoms with Crippen molar-refractivity contribution < 1.29 is 4.74 Å². The van der Waals surface area contributed by atoms with Gasteiger partial charge >= 0.3 is 0 Å². The minimum absolute atomic E-state index is 0. The van der Waals surface area contributed by atoms with E-state index in [-0.39, 0.29) is 24.0 Å². The highest BCUT2D eigenvalue weighted by molar-refractivity contribution is 14.0. The molecule has 154 valence electrons. The van der Waals surface area contributed by atoms with E-state index < -0.39 is 0 Å². The summed E-state index contributed by atoms with van der Waals surface area (Å²) in [6.45, 7) is 5.96. The van der Waals surface area contributed by atoms with Gasteiger partial charge < -0.3 is 15.4 Å². The van der Waals surface area contributed by atoms with E-state index in [1.807, 2.05) is 29.8 Å². The van der Waals surface area contributed by atoms with Crippen LogP contribution in [0.3, 0.4) is 0 Å². The van der Waals surface area contributed by atoms with Crippen molar-refractivity contribution in [1.29, 1.82) is 0 Å². The minimum atomic E-state index is 0. The molecule has 2 heterocycles. The van der Waals surface area contributed by atoms with Crippen molar-refractivity contribution in [2.75, 3.05) is 13.7 Å². The first-order valence-corrected chi connectivity index (χ1v) is 9.29. The van der Waals surface area contributed by atoms with E-state index in [2.05, 4.69) is 50.7 Å². The van der Waals surface area contributed by atoms with Crippen LogP contribution in [0.5, 0.6) is 5.75 Å². The maximum absolute atomic E-state index is 5.75. The van der Waals surface area contributed by atoms with Gasteiger partial charge in [-0.25, -0.2) is 9.97 Å². The Labute approximate surface area is 188 Å². The molecular formula is C21H27IN6O. The van der Waals surface area contributed by atoms with Gasteiger partial charge in [0.25, 0.3) is 0 Å². The maximum atomic E-state index is 5.75. The molecule has 0 aliphatic rings. The van der Waals surface area contributed by atoms with Crippen LogP contribution in [0.15, 0.2) is 60.2 Å². The largest absolute Gasteiger partial charge is 0.494 e. The van der Waals surface area contributed by atoms with Crippen LogP contribution < -0.4 is 15.4 Å². The lowest BCUT2D eigenvalue weighted by Crippen LogP contribution is -2.36. The minimum Gasteiger partial charge on any atom is -0.494 e. The van der Waals surface area contributed by atoms with Gasteiger partial charge in [-0.15, -0.1) is 24.0 Å². The van der Waals surface area contributed by atoms with E-state index in [0.717, 1.165) is 28.7 Å². The Morgan fingerprint density at radius 1 is 1.14 bits per heavy atom. The summed E-state index contributed by atoms with van der Waals surface area (Å²) >= 11 is 0. The summed E-state index contributed by atoms with van der Waals surface area (Å²) in [6.07, 6.45) is 7.14. The number of hydrogen-bond donors (Lipinski definition) is 2. The van der Waals surface area contributed by atoms with Crippen molar-refractivity contribution in [3.8, 4) is 11.6 Å². The normalized spacial score (nSPS) is 10.9. The van der Waals surface area contributed by atoms with Crippen molar-refractivity contribution in [3.63, 3.8) is 0 Å². The number of aromatic nitrogens is 3. The Hall–Kier alpha value is -2.62. The number of guanidine groups is 1. The molecule has 29 heavy (non-hydrogen) atoms. The number of pyridine rings is 1. The fourth-order valence-electron chi connectivity index (χ4n) is 2.79. The Balaban J connectivity index is 0.00000300. The zero-order valence-electron chi connectivity index (χ0n) is 16.9. The molecule has 0 spiro atoms. The van der Waals surface area contributed by atoms with Crippen molar-refractivity contribution in [3.05, 3.63) is 71.9 Å². The number of ether oxygens (including phenoxy) is 1. The molecule has 2 N–H and O–H groups in total. The van der Waals surface area contributed by atoms with E-state index in [1.54, 1.807) is 25.8 Å². The molecule has 0 aliphatic heterocycles. The third-order valence-electron chi connectivity index (χ3n) is 4.23. The molecule has 3 aromatic rings. The number of aliphatic imine (C=N–C) groups is 1. The molecule has 7 nitrogen and oxygen atoms in total. The number of hydrogen-bond acceptors (Lipinski definition) is 4. The van der Waals surface area contributed by atoms with Gasteiger partial charge in [0.1, 0.15) is 17.9 Å². The van der Waals surface area contributed by atoms with E-state index in [4.69, 9.17) is 4.74 Å². The average Bonchev–Trinajstić information content (AvgIpc) is 3.25. The average molecular weight is 506 g/mol. The van der Waals surface area contributed by atoms with Crippen molar-refractivity contribution in [1.82, 2.24) is 25.2 Å². The van der Waals surface area contributed by atoms with Crippen LogP contribution in [-0.4, -0.2) is 34.1 Å². The molecular weight excluding hydrogens is 479 g/mol. The topological polar surface area (TPSA) is 76.4 Å². The number of rotatable bonds is 7. The van der Waals surface area contributed by atoms with E-state index in [1.165, 1.54) is 5.56 Å². The fourth-order valence-corrected chi connectivity index (χ4v) is 2.79. The SMILES string of the molecule is CCOc1cc(C)ccc1CNC(=NC)NCc1ccnc(-n2ccnc2)c1.I. The van der Waals surface area contributed by atoms with Crippen LogP contribution in [0, 0.1) is 6.92 Å². The van der Waals surface area contributed by atoms with Crippen LogP contribution in [0.1, 0.15) is 23.6 Å². The first kappa shape index (κ1) is 22.7. The summed E-state index contributed by atoms with van der Waals surface area (Å²) in [5.41, 5.74) is 3.38. The summed E-state index contributed by atoms with van der Waals surface area (Å²) in [6, 6.07) is 10.2. The quantitative estimate of drug-likeness (QED) is 0.292. The first-order valence-electron chi connectivity index (χ1n) is 9.29. The van der Waals surface area contributed by atoms with E-state index in [9.17, 15) is 0 Å². The number of nitrogens with zero attached hydrogens (tertiary/aromatic N) is 4. The molecule has 0 bridgehead atoms. The van der Waals surface area contributed by atoms with Crippen molar-refractivity contribution >= 4 is 29.9 Å². The monoisotopic (exact) mass is 506 g/mol. The highest BCUT2D eigenvalue weighted by Gasteiger charge is 2.06. The van der Waals surface area contributed by atoms with Crippen LogP contribution in [0.25, 0.3) is 5.82 Å². The van der Waals surface area contributed by atoms with Crippen LogP contribution in [0.4, 0.5) is 0 Å². The van der Waals surface area contributed by atoms with Crippen molar-refractivity contribution in [2.24, 2.45) is 4.99 Å². The molecule has 3 rings (SSSR count). The van der Waals surface area contributed by atoms with Crippen LogP contribution in [0.2, 0.25) is 0 Å².